The molecule has 0 spiro atoms. The van der Waals surface area contributed by atoms with Crippen LogP contribution in [0.4, 0.5) is 15.8 Å². The second-order valence-electron chi connectivity index (χ2n) is 7.80. The van der Waals surface area contributed by atoms with Crippen molar-refractivity contribution in [2.75, 3.05) is 23.7 Å². The van der Waals surface area contributed by atoms with Crippen LogP contribution in [-0.2, 0) is 9.59 Å². The average molecular weight is 514 g/mol. The minimum atomic E-state index is -1.06. The van der Waals surface area contributed by atoms with Gasteiger partial charge in [0, 0.05) is 34.6 Å². The van der Waals surface area contributed by atoms with Crippen molar-refractivity contribution < 1.29 is 24.0 Å². The van der Waals surface area contributed by atoms with E-state index in [-0.39, 0.29) is 24.8 Å². The van der Waals surface area contributed by atoms with Crippen molar-refractivity contribution in [3.8, 4) is 23.7 Å². The largest absolute Gasteiger partial charge is 0.376 e. The van der Waals surface area contributed by atoms with Crippen molar-refractivity contribution in [2.24, 2.45) is 5.73 Å². The molecule has 3 aromatic carbocycles. The van der Waals surface area contributed by atoms with Gasteiger partial charge in [0.2, 0.25) is 5.91 Å². The fourth-order valence-electron chi connectivity index (χ4n) is 3.05. The number of carbonyl (C=O) groups excluding carboxylic acids is 3. The van der Waals surface area contributed by atoms with Crippen LogP contribution in [0.3, 0.4) is 0 Å². The summed E-state index contributed by atoms with van der Waals surface area (Å²) in [7, 11) is 0. The molecular weight excluding hydrogens is 489 g/mol. The van der Waals surface area contributed by atoms with Gasteiger partial charge in [-0.1, -0.05) is 11.8 Å². The standard InChI is InChI=1S/C28H24FN5O4/c29-22-11-15-23(16-12-22)31-18-26(35)32-24-13-7-20(8-14-24)4-2-1-3-19-5-9-21(10-6-19)27(36)33-25(17-30)28(37)34-38/h5-16,25,31,38H,17-18,30H2,(H,32,35)(H,33,36)(H,34,37)/t25-/m0/s1. The van der Waals surface area contributed by atoms with E-state index in [2.05, 4.69) is 39.6 Å². The highest BCUT2D eigenvalue weighted by molar-refractivity contribution is 5.97. The van der Waals surface area contributed by atoms with Gasteiger partial charge < -0.3 is 21.7 Å². The number of carbonyl (C=O) groups is 3. The minimum absolute atomic E-state index is 0.0313. The van der Waals surface area contributed by atoms with Crippen LogP contribution < -0.4 is 27.2 Å². The van der Waals surface area contributed by atoms with Gasteiger partial charge in [0.05, 0.1) is 6.54 Å². The summed E-state index contributed by atoms with van der Waals surface area (Å²) in [5, 5.41) is 16.8. The lowest BCUT2D eigenvalue weighted by Gasteiger charge is -2.14. The van der Waals surface area contributed by atoms with Crippen LogP contribution >= 0.6 is 0 Å². The first kappa shape index (κ1) is 27.4. The van der Waals surface area contributed by atoms with E-state index in [0.717, 1.165) is 0 Å². The Balaban J connectivity index is 1.49. The quantitative estimate of drug-likeness (QED) is 0.154. The summed E-state index contributed by atoms with van der Waals surface area (Å²) in [6.07, 6.45) is 0. The number of anilines is 2. The molecule has 0 saturated heterocycles. The SMILES string of the molecule is NC[C@H](NC(=O)c1ccc(C#CC#Cc2ccc(NC(=O)CNc3ccc(F)cc3)cc2)cc1)C(=O)NO. The van der Waals surface area contributed by atoms with E-state index in [1.54, 1.807) is 60.7 Å². The first-order valence-electron chi connectivity index (χ1n) is 11.3. The Kier molecular flexibility index (Phi) is 9.96. The van der Waals surface area contributed by atoms with Crippen molar-refractivity contribution in [3.05, 3.63) is 95.3 Å². The molecule has 0 aliphatic rings. The molecule has 0 bridgehead atoms. The fraction of sp³-hybridized carbons (Fsp3) is 0.107. The van der Waals surface area contributed by atoms with Crippen LogP contribution in [0.25, 0.3) is 0 Å². The molecule has 3 aromatic rings. The number of benzene rings is 3. The number of nitrogens with two attached hydrogens (primary N) is 1. The molecule has 3 rings (SSSR count). The Morgan fingerprint density at radius 2 is 1.39 bits per heavy atom. The summed E-state index contributed by atoms with van der Waals surface area (Å²) in [5.41, 5.74) is 9.75. The van der Waals surface area contributed by atoms with E-state index in [0.29, 0.717) is 28.1 Å². The molecule has 0 saturated carbocycles. The van der Waals surface area contributed by atoms with Gasteiger partial charge in [-0.05, 0) is 84.6 Å². The predicted molar refractivity (Wildman–Crippen MR) is 140 cm³/mol. The Morgan fingerprint density at radius 3 is 1.95 bits per heavy atom. The van der Waals surface area contributed by atoms with Gasteiger partial charge in [0.15, 0.2) is 0 Å². The van der Waals surface area contributed by atoms with Gasteiger partial charge in [0.25, 0.3) is 11.8 Å². The van der Waals surface area contributed by atoms with Crippen molar-refractivity contribution in [2.45, 2.75) is 6.04 Å². The Labute approximate surface area is 218 Å². The molecule has 0 aromatic heterocycles. The molecule has 0 radical (unpaired) electrons. The third-order valence-electron chi connectivity index (χ3n) is 5.06. The Morgan fingerprint density at radius 1 is 0.842 bits per heavy atom. The highest BCUT2D eigenvalue weighted by atomic mass is 19.1. The number of halogens is 1. The normalized spacial score (nSPS) is 10.5. The molecule has 7 N–H and O–H groups in total. The molecule has 0 heterocycles. The number of rotatable bonds is 8. The molecule has 9 nitrogen and oxygen atoms in total. The van der Waals surface area contributed by atoms with Gasteiger partial charge in [-0.25, -0.2) is 9.87 Å². The zero-order valence-corrected chi connectivity index (χ0v) is 20.0. The molecule has 0 aliphatic heterocycles. The molecule has 0 fully saturated rings. The Hall–Kier alpha value is -5.16. The number of hydrogen-bond donors (Lipinski definition) is 6. The van der Waals surface area contributed by atoms with Gasteiger partial charge in [-0.15, -0.1) is 0 Å². The van der Waals surface area contributed by atoms with E-state index in [4.69, 9.17) is 10.9 Å². The van der Waals surface area contributed by atoms with E-state index in [1.165, 1.54) is 17.6 Å². The average Bonchev–Trinajstić information content (AvgIpc) is 2.94. The zero-order valence-electron chi connectivity index (χ0n) is 20.0. The molecule has 10 heteroatoms. The summed E-state index contributed by atoms with van der Waals surface area (Å²) in [6.45, 7) is -0.141. The van der Waals surface area contributed by atoms with Crippen molar-refractivity contribution in [1.82, 2.24) is 10.8 Å². The number of hydrogen-bond acceptors (Lipinski definition) is 6. The van der Waals surface area contributed by atoms with Gasteiger partial charge >= 0.3 is 0 Å². The second kappa shape index (κ2) is 13.8. The third-order valence-corrected chi connectivity index (χ3v) is 5.06. The van der Waals surface area contributed by atoms with Gasteiger partial charge in [-0.2, -0.15) is 0 Å². The maximum Gasteiger partial charge on any atom is 0.267 e. The molecule has 1 atom stereocenters. The molecular formula is C28H24FN5O4. The number of amides is 3. The lowest BCUT2D eigenvalue weighted by molar-refractivity contribution is -0.130. The first-order chi connectivity index (χ1) is 18.4. The monoisotopic (exact) mass is 513 g/mol. The lowest BCUT2D eigenvalue weighted by Crippen LogP contribution is -2.50. The third kappa shape index (κ3) is 8.50. The van der Waals surface area contributed by atoms with Gasteiger partial charge in [0.1, 0.15) is 11.9 Å². The second-order valence-corrected chi connectivity index (χ2v) is 7.80. The molecule has 3 amide bonds. The predicted octanol–water partition coefficient (Wildman–Crippen LogP) is 1.84. The number of hydroxylamine groups is 1. The van der Waals surface area contributed by atoms with E-state index >= 15 is 0 Å². The van der Waals surface area contributed by atoms with Crippen LogP contribution in [0.2, 0.25) is 0 Å². The van der Waals surface area contributed by atoms with E-state index in [1.807, 2.05) is 0 Å². The summed E-state index contributed by atoms with van der Waals surface area (Å²) in [5.74, 6) is 9.33. The zero-order chi connectivity index (χ0) is 27.3. The molecule has 38 heavy (non-hydrogen) atoms. The first-order valence-corrected chi connectivity index (χ1v) is 11.3. The van der Waals surface area contributed by atoms with Crippen LogP contribution in [0, 0.1) is 29.5 Å². The van der Waals surface area contributed by atoms with E-state index in [9.17, 15) is 18.8 Å². The van der Waals surface area contributed by atoms with Crippen LogP contribution in [0.1, 0.15) is 21.5 Å². The van der Waals surface area contributed by atoms with Crippen molar-refractivity contribution in [1.29, 1.82) is 0 Å². The molecule has 0 unspecified atom stereocenters. The summed E-state index contributed by atoms with van der Waals surface area (Å²) >= 11 is 0. The highest BCUT2D eigenvalue weighted by Crippen LogP contribution is 2.10. The minimum Gasteiger partial charge on any atom is -0.376 e. The molecule has 192 valence electrons. The van der Waals surface area contributed by atoms with Crippen molar-refractivity contribution >= 4 is 29.1 Å². The lowest BCUT2D eigenvalue weighted by atomic mass is 10.1. The summed E-state index contributed by atoms with van der Waals surface area (Å²) in [6, 6.07) is 17.9. The van der Waals surface area contributed by atoms with E-state index < -0.39 is 17.9 Å². The van der Waals surface area contributed by atoms with Crippen LogP contribution in [0.5, 0.6) is 0 Å². The highest BCUT2D eigenvalue weighted by Gasteiger charge is 2.19. The molecule has 0 aliphatic carbocycles. The fourth-order valence-corrected chi connectivity index (χ4v) is 3.05. The maximum absolute atomic E-state index is 12.9. The Bertz CT molecular complexity index is 1400. The van der Waals surface area contributed by atoms with Crippen molar-refractivity contribution in [3.63, 3.8) is 0 Å². The van der Waals surface area contributed by atoms with Gasteiger partial charge in [-0.3, -0.25) is 19.6 Å². The van der Waals surface area contributed by atoms with Crippen LogP contribution in [-0.4, -0.2) is 42.1 Å². The summed E-state index contributed by atoms with van der Waals surface area (Å²) in [4.78, 5) is 35.8. The summed E-state index contributed by atoms with van der Waals surface area (Å²) < 4.78 is 12.9. The topological polar surface area (TPSA) is 146 Å². The smallest absolute Gasteiger partial charge is 0.267 e. The number of nitrogens with one attached hydrogen (secondary N) is 4. The van der Waals surface area contributed by atoms with Crippen LogP contribution in [0.15, 0.2) is 72.8 Å². The maximum atomic E-state index is 12.9.